The second-order valence-electron chi connectivity index (χ2n) is 6.54. The molecule has 1 amide bonds. The number of rotatable bonds is 8. The van der Waals surface area contributed by atoms with Crippen molar-refractivity contribution in [1.82, 2.24) is 9.97 Å². The minimum absolute atomic E-state index is 0.305. The van der Waals surface area contributed by atoms with Crippen LogP contribution in [0, 0.1) is 0 Å². The van der Waals surface area contributed by atoms with E-state index in [0.717, 1.165) is 19.3 Å². The van der Waals surface area contributed by atoms with Crippen LogP contribution >= 0.6 is 21.6 Å². The fourth-order valence-electron chi connectivity index (χ4n) is 2.87. The van der Waals surface area contributed by atoms with Gasteiger partial charge in [-0.3, -0.25) is 9.59 Å². The lowest BCUT2D eigenvalue weighted by Gasteiger charge is -2.14. The normalized spacial score (nSPS) is 17.7. The van der Waals surface area contributed by atoms with E-state index in [1.54, 1.807) is 25.1 Å². The number of carbonyl (C=O) groups excluding carboxylic acids is 2. The van der Waals surface area contributed by atoms with Crippen molar-refractivity contribution in [1.29, 1.82) is 0 Å². The average Bonchev–Trinajstić information content (AvgIpc) is 3.26. The number of esters is 1. The van der Waals surface area contributed by atoms with Crippen LogP contribution in [0.25, 0.3) is 11.0 Å². The van der Waals surface area contributed by atoms with E-state index >= 15 is 0 Å². The van der Waals surface area contributed by atoms with E-state index in [2.05, 4.69) is 15.3 Å². The number of aromatic nitrogens is 2. The zero-order chi connectivity index (χ0) is 19.2. The van der Waals surface area contributed by atoms with Crippen LogP contribution in [-0.2, 0) is 14.3 Å². The summed E-state index contributed by atoms with van der Waals surface area (Å²) in [7, 11) is 3.87. The number of nitrogens with one attached hydrogen (secondary N) is 3. The summed E-state index contributed by atoms with van der Waals surface area (Å²) in [5.41, 5.74) is 1.48. The lowest BCUT2D eigenvalue weighted by molar-refractivity contribution is -0.153. The van der Waals surface area contributed by atoms with Gasteiger partial charge < -0.3 is 20.0 Å². The first-order valence-corrected chi connectivity index (χ1v) is 11.4. The van der Waals surface area contributed by atoms with Crippen LogP contribution < -0.4 is 11.0 Å². The highest BCUT2D eigenvalue weighted by Gasteiger charge is 2.19. The first kappa shape index (κ1) is 19.9. The highest BCUT2D eigenvalue weighted by molar-refractivity contribution is 8.77. The molecule has 2 aromatic rings. The number of benzene rings is 1. The van der Waals surface area contributed by atoms with E-state index in [-0.39, 0.29) is 11.7 Å². The number of fused-ring (bicyclic) bond motifs is 1. The van der Waals surface area contributed by atoms with Crippen molar-refractivity contribution in [2.24, 2.45) is 0 Å². The van der Waals surface area contributed by atoms with E-state index in [9.17, 15) is 14.4 Å². The van der Waals surface area contributed by atoms with E-state index in [0.29, 0.717) is 28.4 Å². The third-order valence-electron chi connectivity index (χ3n) is 4.35. The molecule has 0 aliphatic carbocycles. The summed E-state index contributed by atoms with van der Waals surface area (Å²) < 4.78 is 5.22. The molecular formula is C18H23N3O4S2. The smallest absolute Gasteiger partial charge is 0.323 e. The molecule has 2 atom stereocenters. The molecule has 3 N–H and O–H groups in total. The molecule has 0 saturated carbocycles. The number of unbranched alkanes of at least 4 members (excludes halogenated alkanes) is 1. The number of aromatic amines is 2. The Bertz CT molecular complexity index is 858. The molecule has 0 unspecified atom stereocenters. The minimum atomic E-state index is -0.875. The summed E-state index contributed by atoms with van der Waals surface area (Å²) in [5.74, 6) is 0.466. The van der Waals surface area contributed by atoms with Gasteiger partial charge in [-0.05, 0) is 44.4 Å². The number of imidazole rings is 1. The largest absolute Gasteiger partial charge is 0.453 e. The van der Waals surface area contributed by atoms with Crippen molar-refractivity contribution < 1.29 is 14.3 Å². The monoisotopic (exact) mass is 409 g/mol. The summed E-state index contributed by atoms with van der Waals surface area (Å²) in [4.78, 5) is 40.7. The molecule has 2 heterocycles. The SMILES string of the molecule is C[C@@H](OC(=O)CCCC[C@H]1CCSS1)C(=O)Nc1ccc2[nH]c(=O)[nH]c2c1. The predicted octanol–water partition coefficient (Wildman–Crippen LogP) is 3.44. The summed E-state index contributed by atoms with van der Waals surface area (Å²) in [6.07, 6.45) is 3.62. The average molecular weight is 410 g/mol. The first-order chi connectivity index (χ1) is 13.0. The molecular weight excluding hydrogens is 386 g/mol. The van der Waals surface area contributed by atoms with Crippen LogP contribution in [-0.4, -0.2) is 39.0 Å². The van der Waals surface area contributed by atoms with Gasteiger partial charge in [0.25, 0.3) is 5.91 Å². The fourth-order valence-corrected chi connectivity index (χ4v) is 5.90. The Morgan fingerprint density at radius 1 is 1.30 bits per heavy atom. The second-order valence-corrected chi connectivity index (χ2v) is 9.32. The highest BCUT2D eigenvalue weighted by atomic mass is 33.1. The van der Waals surface area contributed by atoms with Gasteiger partial charge in [0.2, 0.25) is 0 Å². The van der Waals surface area contributed by atoms with Gasteiger partial charge in [-0.1, -0.05) is 28.0 Å². The molecule has 1 saturated heterocycles. The number of amides is 1. The van der Waals surface area contributed by atoms with Crippen molar-refractivity contribution in [2.45, 2.75) is 50.4 Å². The van der Waals surface area contributed by atoms with Gasteiger partial charge >= 0.3 is 11.7 Å². The zero-order valence-corrected chi connectivity index (χ0v) is 16.7. The Kier molecular flexibility index (Phi) is 6.89. The standard InChI is InChI=1S/C18H23N3O4S2/c1-11(25-16(22)5-3-2-4-13-8-9-26-27-13)17(23)19-12-6-7-14-15(10-12)21-18(24)20-14/h6-7,10-11,13H,2-5,8-9H2,1H3,(H,19,23)(H2,20,21,24)/t11-,13+/m1/s1. The van der Waals surface area contributed by atoms with Gasteiger partial charge in [0.1, 0.15) is 0 Å². The maximum atomic E-state index is 12.2. The molecule has 1 aliphatic heterocycles. The second kappa shape index (κ2) is 9.36. The Morgan fingerprint density at radius 2 is 2.11 bits per heavy atom. The molecule has 1 aliphatic rings. The summed E-state index contributed by atoms with van der Waals surface area (Å²) in [6.45, 7) is 1.55. The molecule has 27 heavy (non-hydrogen) atoms. The maximum Gasteiger partial charge on any atom is 0.323 e. The van der Waals surface area contributed by atoms with Crippen LogP contribution in [0.15, 0.2) is 23.0 Å². The number of H-pyrrole nitrogens is 2. The van der Waals surface area contributed by atoms with Gasteiger partial charge in [0.15, 0.2) is 6.10 Å². The van der Waals surface area contributed by atoms with Crippen LogP contribution in [0.5, 0.6) is 0 Å². The molecule has 7 nitrogen and oxygen atoms in total. The zero-order valence-electron chi connectivity index (χ0n) is 15.1. The molecule has 1 aromatic heterocycles. The van der Waals surface area contributed by atoms with Crippen LogP contribution in [0.2, 0.25) is 0 Å². The van der Waals surface area contributed by atoms with Crippen molar-refractivity contribution in [3.05, 3.63) is 28.7 Å². The van der Waals surface area contributed by atoms with Gasteiger partial charge in [-0.2, -0.15) is 0 Å². The molecule has 146 valence electrons. The number of anilines is 1. The topological polar surface area (TPSA) is 104 Å². The summed E-state index contributed by atoms with van der Waals surface area (Å²) in [5, 5.41) is 3.41. The quantitative estimate of drug-likeness (QED) is 0.350. The van der Waals surface area contributed by atoms with Gasteiger partial charge in [0, 0.05) is 23.1 Å². The molecule has 0 spiro atoms. The van der Waals surface area contributed by atoms with Crippen molar-refractivity contribution >= 4 is 50.2 Å². The van der Waals surface area contributed by atoms with E-state index in [1.165, 1.54) is 12.2 Å². The van der Waals surface area contributed by atoms with Crippen LogP contribution in [0.1, 0.15) is 39.0 Å². The fraction of sp³-hybridized carbons (Fsp3) is 0.500. The number of ether oxygens (including phenoxy) is 1. The van der Waals surface area contributed by atoms with Crippen LogP contribution in [0.3, 0.4) is 0 Å². The number of hydrogen-bond donors (Lipinski definition) is 3. The Labute approximate surface area is 164 Å². The first-order valence-electron chi connectivity index (χ1n) is 9.02. The molecule has 0 bridgehead atoms. The highest BCUT2D eigenvalue weighted by Crippen LogP contribution is 2.39. The molecule has 1 aromatic carbocycles. The third kappa shape index (κ3) is 5.80. The molecule has 0 radical (unpaired) electrons. The van der Waals surface area contributed by atoms with Crippen LogP contribution in [0.4, 0.5) is 5.69 Å². The van der Waals surface area contributed by atoms with Crippen molar-refractivity contribution in [3.8, 4) is 0 Å². The Hall–Kier alpha value is -1.87. The lowest BCUT2D eigenvalue weighted by Crippen LogP contribution is -2.29. The lowest BCUT2D eigenvalue weighted by atomic mass is 10.1. The number of hydrogen-bond acceptors (Lipinski definition) is 6. The van der Waals surface area contributed by atoms with E-state index < -0.39 is 12.0 Å². The van der Waals surface area contributed by atoms with Gasteiger partial charge in [0.05, 0.1) is 11.0 Å². The van der Waals surface area contributed by atoms with Crippen molar-refractivity contribution in [2.75, 3.05) is 11.1 Å². The maximum absolute atomic E-state index is 12.2. The predicted molar refractivity (Wildman–Crippen MR) is 110 cm³/mol. The van der Waals surface area contributed by atoms with E-state index in [1.807, 2.05) is 21.6 Å². The molecule has 1 fully saturated rings. The summed E-state index contributed by atoms with van der Waals surface area (Å²) in [6, 6.07) is 5.03. The summed E-state index contributed by atoms with van der Waals surface area (Å²) >= 11 is 0. The van der Waals surface area contributed by atoms with Crippen molar-refractivity contribution in [3.63, 3.8) is 0 Å². The van der Waals surface area contributed by atoms with E-state index in [4.69, 9.17) is 4.74 Å². The van der Waals surface area contributed by atoms with Gasteiger partial charge in [-0.15, -0.1) is 0 Å². The van der Waals surface area contributed by atoms with Gasteiger partial charge in [-0.25, -0.2) is 4.79 Å². The Morgan fingerprint density at radius 3 is 2.89 bits per heavy atom. The third-order valence-corrected chi connectivity index (χ3v) is 7.35. The minimum Gasteiger partial charge on any atom is -0.453 e. The molecule has 3 rings (SSSR count). The number of carbonyl (C=O) groups is 2. The Balaban J connectivity index is 1.40. The molecule has 9 heteroatoms.